The van der Waals surface area contributed by atoms with Gasteiger partial charge in [0.1, 0.15) is 6.10 Å². The lowest BCUT2D eigenvalue weighted by Crippen LogP contribution is -2.31. The van der Waals surface area contributed by atoms with E-state index in [1.807, 2.05) is 0 Å². The van der Waals surface area contributed by atoms with Gasteiger partial charge >= 0.3 is 0 Å². The zero-order valence-corrected chi connectivity index (χ0v) is 6.41. The number of rotatable bonds is 4. The van der Waals surface area contributed by atoms with Crippen molar-refractivity contribution < 1.29 is 14.6 Å². The summed E-state index contributed by atoms with van der Waals surface area (Å²) in [6.45, 7) is 0. The molecule has 1 N–H and O–H groups in total. The van der Waals surface area contributed by atoms with E-state index in [9.17, 15) is 5.11 Å². The molecule has 1 atom stereocenters. The Balaban J connectivity index is 2.27. The smallest absolute Gasteiger partial charge is 0.182 e. The molecule has 10 heavy (non-hydrogen) atoms. The van der Waals surface area contributed by atoms with Crippen LogP contribution in [-0.2, 0) is 9.47 Å². The fourth-order valence-electron chi connectivity index (χ4n) is 1.04. The van der Waals surface area contributed by atoms with Crippen molar-refractivity contribution in [1.29, 1.82) is 0 Å². The normalized spacial score (nSPS) is 21.6. The Bertz CT molecular complexity index is 97.0. The maximum Gasteiger partial charge on any atom is 0.182 e. The summed E-state index contributed by atoms with van der Waals surface area (Å²) in [5.41, 5.74) is 0. The Morgan fingerprint density at radius 1 is 1.30 bits per heavy atom. The lowest BCUT2D eigenvalue weighted by atomic mass is 10.2. The van der Waals surface area contributed by atoms with Crippen molar-refractivity contribution in [2.45, 2.75) is 25.2 Å². The van der Waals surface area contributed by atoms with Crippen molar-refractivity contribution in [2.24, 2.45) is 5.92 Å². The monoisotopic (exact) mass is 146 g/mol. The number of hydrogen-bond acceptors (Lipinski definition) is 3. The highest BCUT2D eigenvalue weighted by molar-refractivity contribution is 4.82. The number of aliphatic hydroxyl groups excluding tert-OH is 1. The van der Waals surface area contributed by atoms with Crippen LogP contribution >= 0.6 is 0 Å². The quantitative estimate of drug-likeness (QED) is 0.582. The van der Waals surface area contributed by atoms with Crippen LogP contribution in [0.25, 0.3) is 0 Å². The second-order valence-electron chi connectivity index (χ2n) is 2.67. The lowest BCUT2D eigenvalue weighted by molar-refractivity contribution is -0.169. The Kier molecular flexibility index (Phi) is 2.65. The van der Waals surface area contributed by atoms with Crippen molar-refractivity contribution in [3.63, 3.8) is 0 Å². The number of aliphatic hydroxyl groups is 1. The summed E-state index contributed by atoms with van der Waals surface area (Å²) in [6.07, 6.45) is 1.33. The van der Waals surface area contributed by atoms with E-state index in [0.717, 1.165) is 12.8 Å². The molecule has 1 aliphatic carbocycles. The number of methoxy groups -OCH3 is 2. The molecule has 0 aromatic heterocycles. The molecule has 0 radical (unpaired) electrons. The lowest BCUT2D eigenvalue weighted by Gasteiger charge is -2.18. The summed E-state index contributed by atoms with van der Waals surface area (Å²) in [5, 5.41) is 9.40. The summed E-state index contributed by atoms with van der Waals surface area (Å²) in [7, 11) is 3.08. The van der Waals surface area contributed by atoms with Gasteiger partial charge < -0.3 is 14.6 Å². The van der Waals surface area contributed by atoms with Crippen molar-refractivity contribution in [2.75, 3.05) is 14.2 Å². The van der Waals surface area contributed by atoms with Crippen molar-refractivity contribution in [3.8, 4) is 0 Å². The molecule has 1 unspecified atom stereocenters. The van der Waals surface area contributed by atoms with E-state index in [2.05, 4.69) is 0 Å². The van der Waals surface area contributed by atoms with Crippen LogP contribution in [0, 0.1) is 5.92 Å². The Labute approximate surface area is 60.9 Å². The summed E-state index contributed by atoms with van der Waals surface area (Å²) < 4.78 is 9.78. The van der Waals surface area contributed by atoms with Gasteiger partial charge in [0.15, 0.2) is 6.29 Å². The van der Waals surface area contributed by atoms with Crippen molar-refractivity contribution in [3.05, 3.63) is 0 Å². The molecule has 1 aliphatic rings. The largest absolute Gasteiger partial charge is 0.388 e. The van der Waals surface area contributed by atoms with Gasteiger partial charge in [0.05, 0.1) is 0 Å². The van der Waals surface area contributed by atoms with E-state index >= 15 is 0 Å². The van der Waals surface area contributed by atoms with Crippen LogP contribution in [0.4, 0.5) is 0 Å². The molecule has 0 amide bonds. The first-order valence-electron chi connectivity index (χ1n) is 3.53. The maximum atomic E-state index is 9.40. The average Bonchev–Trinajstić information content (AvgIpc) is 2.71. The zero-order chi connectivity index (χ0) is 7.56. The minimum Gasteiger partial charge on any atom is -0.388 e. The van der Waals surface area contributed by atoms with Crippen LogP contribution < -0.4 is 0 Å². The molecule has 0 saturated heterocycles. The molecular weight excluding hydrogens is 132 g/mol. The number of hydrogen-bond donors (Lipinski definition) is 1. The minimum atomic E-state index is -0.438. The predicted molar refractivity (Wildman–Crippen MR) is 36.5 cm³/mol. The molecule has 0 spiro atoms. The topological polar surface area (TPSA) is 38.7 Å². The van der Waals surface area contributed by atoms with Crippen molar-refractivity contribution in [1.82, 2.24) is 0 Å². The van der Waals surface area contributed by atoms with Gasteiger partial charge in [0.25, 0.3) is 0 Å². The molecule has 0 heterocycles. The predicted octanol–water partition coefficient (Wildman–Crippen LogP) is 0.376. The number of ether oxygens (including phenoxy) is 2. The first kappa shape index (κ1) is 7.98. The fraction of sp³-hybridized carbons (Fsp3) is 1.00. The standard InChI is InChI=1S/C7H14O3/c1-9-7(10-2)6(8)5-3-4-5/h5-8H,3-4H2,1-2H3. The summed E-state index contributed by atoms with van der Waals surface area (Å²) in [4.78, 5) is 0. The first-order chi connectivity index (χ1) is 4.79. The van der Waals surface area contributed by atoms with E-state index in [1.54, 1.807) is 14.2 Å². The Morgan fingerprint density at radius 3 is 2.10 bits per heavy atom. The van der Waals surface area contributed by atoms with Crippen LogP contribution in [-0.4, -0.2) is 31.7 Å². The van der Waals surface area contributed by atoms with E-state index in [4.69, 9.17) is 9.47 Å². The van der Waals surface area contributed by atoms with Crippen LogP contribution in [0.15, 0.2) is 0 Å². The molecule has 0 aromatic rings. The van der Waals surface area contributed by atoms with Gasteiger partial charge in [0, 0.05) is 14.2 Å². The van der Waals surface area contributed by atoms with Gasteiger partial charge in [-0.05, 0) is 18.8 Å². The van der Waals surface area contributed by atoms with Gasteiger partial charge in [-0.2, -0.15) is 0 Å². The third kappa shape index (κ3) is 1.68. The summed E-state index contributed by atoms with van der Waals surface area (Å²) in [6, 6.07) is 0. The SMILES string of the molecule is COC(OC)C(O)C1CC1. The van der Waals surface area contributed by atoms with Gasteiger partial charge in [-0.25, -0.2) is 0 Å². The second kappa shape index (κ2) is 3.32. The van der Waals surface area contributed by atoms with Gasteiger partial charge in [0.2, 0.25) is 0 Å². The molecule has 0 aliphatic heterocycles. The Morgan fingerprint density at radius 2 is 1.80 bits per heavy atom. The second-order valence-corrected chi connectivity index (χ2v) is 2.67. The maximum absolute atomic E-state index is 9.40. The third-order valence-corrected chi connectivity index (χ3v) is 1.85. The Hall–Kier alpha value is -0.120. The van der Waals surface area contributed by atoms with E-state index in [-0.39, 0.29) is 0 Å². The molecular formula is C7H14O3. The van der Waals surface area contributed by atoms with Gasteiger partial charge in [-0.1, -0.05) is 0 Å². The molecule has 3 nitrogen and oxygen atoms in total. The minimum absolute atomic E-state index is 0.407. The highest BCUT2D eigenvalue weighted by Gasteiger charge is 2.35. The molecule has 0 bridgehead atoms. The molecule has 1 fully saturated rings. The third-order valence-electron chi connectivity index (χ3n) is 1.85. The summed E-state index contributed by atoms with van der Waals surface area (Å²) in [5.74, 6) is 0.407. The average molecular weight is 146 g/mol. The molecule has 60 valence electrons. The zero-order valence-electron chi connectivity index (χ0n) is 6.41. The summed E-state index contributed by atoms with van der Waals surface area (Å²) >= 11 is 0. The first-order valence-corrected chi connectivity index (χ1v) is 3.53. The van der Waals surface area contributed by atoms with Crippen LogP contribution in [0.5, 0.6) is 0 Å². The molecule has 0 aromatic carbocycles. The van der Waals surface area contributed by atoms with E-state index in [1.165, 1.54) is 0 Å². The van der Waals surface area contributed by atoms with Crippen LogP contribution in [0.2, 0.25) is 0 Å². The molecule has 1 rings (SSSR count). The molecule has 1 saturated carbocycles. The highest BCUT2D eigenvalue weighted by atomic mass is 16.7. The fourth-order valence-corrected chi connectivity index (χ4v) is 1.04. The van der Waals surface area contributed by atoms with Gasteiger partial charge in [-0.3, -0.25) is 0 Å². The van der Waals surface area contributed by atoms with Crippen LogP contribution in [0.3, 0.4) is 0 Å². The van der Waals surface area contributed by atoms with Crippen molar-refractivity contribution >= 4 is 0 Å². The van der Waals surface area contributed by atoms with Gasteiger partial charge in [-0.15, -0.1) is 0 Å². The van der Waals surface area contributed by atoms with E-state index in [0.29, 0.717) is 5.92 Å². The van der Waals surface area contributed by atoms with Crippen LogP contribution in [0.1, 0.15) is 12.8 Å². The molecule has 3 heteroatoms. The highest BCUT2D eigenvalue weighted by Crippen LogP contribution is 2.34. The van der Waals surface area contributed by atoms with E-state index < -0.39 is 12.4 Å².